The number of amides is 1. The Labute approximate surface area is 166 Å². The number of hydrogen-bond acceptors (Lipinski definition) is 5. The maximum atomic E-state index is 12.4. The second-order valence-corrected chi connectivity index (χ2v) is 6.25. The lowest BCUT2D eigenvalue weighted by molar-refractivity contribution is -0.274. The van der Waals surface area contributed by atoms with Gasteiger partial charge in [0.1, 0.15) is 11.5 Å². The summed E-state index contributed by atoms with van der Waals surface area (Å²) in [6.07, 6.45) is -4.84. The first kappa shape index (κ1) is 21.5. The van der Waals surface area contributed by atoms with E-state index in [9.17, 15) is 22.8 Å². The number of carbonyl (C=O) groups excluding carboxylic acids is 2. The van der Waals surface area contributed by atoms with Gasteiger partial charge in [0.2, 0.25) is 0 Å². The molecule has 0 aliphatic carbocycles. The molecule has 0 unspecified atom stereocenters. The molecule has 0 aliphatic rings. The summed E-state index contributed by atoms with van der Waals surface area (Å²) in [6.45, 7) is -1.21. The van der Waals surface area contributed by atoms with Gasteiger partial charge in [0, 0.05) is 16.6 Å². The largest absolute Gasteiger partial charge is 0.573 e. The molecule has 2 aromatic carbocycles. The third-order valence-corrected chi connectivity index (χ3v) is 3.74. The van der Waals surface area contributed by atoms with Crippen molar-refractivity contribution in [2.24, 2.45) is 0 Å². The van der Waals surface area contributed by atoms with Crippen LogP contribution in [0.1, 0.15) is 5.56 Å². The molecule has 150 valence electrons. The summed E-state index contributed by atoms with van der Waals surface area (Å²) < 4.78 is 51.8. The van der Waals surface area contributed by atoms with Crippen LogP contribution in [-0.4, -0.2) is 31.5 Å². The van der Waals surface area contributed by atoms with Crippen LogP contribution < -0.4 is 14.8 Å². The van der Waals surface area contributed by atoms with Gasteiger partial charge in [0.15, 0.2) is 13.2 Å². The van der Waals surface area contributed by atoms with E-state index in [1.807, 2.05) is 0 Å². The average molecular weight is 462 g/mol. The first-order valence-corrected chi connectivity index (χ1v) is 8.66. The van der Waals surface area contributed by atoms with Gasteiger partial charge in [0.25, 0.3) is 5.91 Å². The van der Waals surface area contributed by atoms with Crippen LogP contribution >= 0.6 is 15.9 Å². The summed E-state index contributed by atoms with van der Waals surface area (Å²) in [5.74, 6) is -1.42. The zero-order valence-electron chi connectivity index (χ0n) is 14.3. The van der Waals surface area contributed by atoms with Gasteiger partial charge in [-0.05, 0) is 30.3 Å². The summed E-state index contributed by atoms with van der Waals surface area (Å²) >= 11 is 3.26. The molecular weight excluding hydrogens is 447 g/mol. The number of rotatable bonds is 8. The van der Waals surface area contributed by atoms with Crippen LogP contribution in [0.3, 0.4) is 0 Å². The van der Waals surface area contributed by atoms with Crippen molar-refractivity contribution in [3.05, 3.63) is 58.6 Å². The number of esters is 1. The van der Waals surface area contributed by atoms with Crippen molar-refractivity contribution in [3.63, 3.8) is 0 Å². The number of hydrogen-bond donors (Lipinski definition) is 1. The zero-order valence-corrected chi connectivity index (χ0v) is 15.9. The molecule has 6 nitrogen and oxygen atoms in total. The predicted molar refractivity (Wildman–Crippen MR) is 95.6 cm³/mol. The highest BCUT2D eigenvalue weighted by Gasteiger charge is 2.31. The molecule has 0 aromatic heterocycles. The Kier molecular flexibility index (Phi) is 7.68. The van der Waals surface area contributed by atoms with Crippen LogP contribution in [0.2, 0.25) is 0 Å². The van der Waals surface area contributed by atoms with Gasteiger partial charge < -0.3 is 19.5 Å². The van der Waals surface area contributed by atoms with Crippen molar-refractivity contribution in [2.75, 3.05) is 13.2 Å². The second-order valence-electron chi connectivity index (χ2n) is 5.34. The minimum absolute atomic E-state index is 0.123. The van der Waals surface area contributed by atoms with Gasteiger partial charge in [-0.1, -0.05) is 34.1 Å². The first-order valence-electron chi connectivity index (χ1n) is 7.87. The molecule has 0 bridgehead atoms. The molecule has 1 amide bonds. The number of halogens is 4. The third-order valence-electron chi connectivity index (χ3n) is 3.21. The van der Waals surface area contributed by atoms with Gasteiger partial charge in [-0.2, -0.15) is 0 Å². The van der Waals surface area contributed by atoms with Gasteiger partial charge in [-0.25, -0.2) is 4.79 Å². The van der Waals surface area contributed by atoms with E-state index in [0.29, 0.717) is 5.75 Å². The highest BCUT2D eigenvalue weighted by molar-refractivity contribution is 9.10. The Morgan fingerprint density at radius 2 is 1.68 bits per heavy atom. The predicted octanol–water partition coefficient (Wildman–Crippen LogP) is 3.59. The molecule has 2 rings (SSSR count). The zero-order chi connectivity index (χ0) is 20.6. The van der Waals surface area contributed by atoms with E-state index in [2.05, 4.69) is 26.0 Å². The Bertz CT molecular complexity index is 812. The molecule has 0 spiro atoms. The van der Waals surface area contributed by atoms with E-state index in [-0.39, 0.29) is 12.1 Å². The van der Waals surface area contributed by atoms with Gasteiger partial charge in [-0.15, -0.1) is 13.2 Å². The molecule has 0 fully saturated rings. The molecule has 0 atom stereocenters. The third kappa shape index (κ3) is 7.87. The number of carbonyl (C=O) groups is 2. The quantitative estimate of drug-likeness (QED) is 0.608. The highest BCUT2D eigenvalue weighted by Crippen LogP contribution is 2.26. The van der Waals surface area contributed by atoms with E-state index < -0.39 is 37.2 Å². The minimum atomic E-state index is -4.84. The maximum Gasteiger partial charge on any atom is 0.573 e. The Hall–Kier alpha value is -2.75. The summed E-state index contributed by atoms with van der Waals surface area (Å²) in [4.78, 5) is 23.3. The standard InChI is InChI=1S/C18H15BrF3NO5/c19-13-5-7-14(8-6-13)26-11-17(25)27-10-16(24)23-9-12-3-1-2-4-15(12)28-18(20,21)22/h1-8H,9-11H2,(H,23,24). The van der Waals surface area contributed by atoms with E-state index in [1.54, 1.807) is 24.3 Å². The fourth-order valence-electron chi connectivity index (χ4n) is 1.98. The lowest BCUT2D eigenvalue weighted by atomic mass is 10.2. The molecule has 0 radical (unpaired) electrons. The number of nitrogens with one attached hydrogen (secondary N) is 1. The molecule has 10 heteroatoms. The van der Waals surface area contributed by atoms with Crippen molar-refractivity contribution < 1.29 is 37.0 Å². The van der Waals surface area contributed by atoms with E-state index in [4.69, 9.17) is 9.47 Å². The molecule has 28 heavy (non-hydrogen) atoms. The second kappa shape index (κ2) is 9.98. The van der Waals surface area contributed by atoms with Crippen molar-refractivity contribution >= 4 is 27.8 Å². The summed E-state index contributed by atoms with van der Waals surface area (Å²) in [7, 11) is 0. The summed E-state index contributed by atoms with van der Waals surface area (Å²) in [5.41, 5.74) is 0.123. The molecule has 0 aliphatic heterocycles. The van der Waals surface area contributed by atoms with Crippen LogP contribution in [0.25, 0.3) is 0 Å². The SMILES string of the molecule is O=C(COC(=O)COc1ccc(Br)cc1)NCc1ccccc1OC(F)(F)F. The first-order chi connectivity index (χ1) is 13.2. The monoisotopic (exact) mass is 461 g/mol. The Balaban J connectivity index is 1.74. The van der Waals surface area contributed by atoms with Gasteiger partial charge >= 0.3 is 12.3 Å². The van der Waals surface area contributed by atoms with Crippen LogP contribution in [0, 0.1) is 0 Å². The Morgan fingerprint density at radius 3 is 2.36 bits per heavy atom. The lowest BCUT2D eigenvalue weighted by Gasteiger charge is -2.13. The summed E-state index contributed by atoms with van der Waals surface area (Å²) in [6, 6.07) is 12.1. The van der Waals surface area contributed by atoms with Crippen LogP contribution in [0.5, 0.6) is 11.5 Å². The van der Waals surface area contributed by atoms with Crippen molar-refractivity contribution in [3.8, 4) is 11.5 Å². The van der Waals surface area contributed by atoms with Gasteiger partial charge in [0.05, 0.1) is 0 Å². The number of ether oxygens (including phenoxy) is 3. The smallest absolute Gasteiger partial charge is 0.482 e. The number of alkyl halides is 3. The van der Waals surface area contributed by atoms with E-state index >= 15 is 0 Å². The maximum absolute atomic E-state index is 12.4. The van der Waals surface area contributed by atoms with Crippen LogP contribution in [0.15, 0.2) is 53.0 Å². The highest BCUT2D eigenvalue weighted by atomic mass is 79.9. The molecule has 0 saturated heterocycles. The van der Waals surface area contributed by atoms with E-state index in [0.717, 1.165) is 10.5 Å². The molecular formula is C18H15BrF3NO5. The number of para-hydroxylation sites is 1. The lowest BCUT2D eigenvalue weighted by Crippen LogP contribution is -2.30. The summed E-state index contributed by atoms with van der Waals surface area (Å²) in [5, 5.41) is 2.35. The van der Waals surface area contributed by atoms with Gasteiger partial charge in [-0.3, -0.25) is 4.79 Å². The van der Waals surface area contributed by atoms with Crippen molar-refractivity contribution in [1.82, 2.24) is 5.32 Å². The average Bonchev–Trinajstić information content (AvgIpc) is 2.64. The normalized spacial score (nSPS) is 10.9. The molecule has 1 N–H and O–H groups in total. The molecule has 0 saturated carbocycles. The molecule has 2 aromatic rings. The Morgan fingerprint density at radius 1 is 1.00 bits per heavy atom. The fourth-order valence-corrected chi connectivity index (χ4v) is 2.24. The minimum Gasteiger partial charge on any atom is -0.482 e. The number of benzene rings is 2. The van der Waals surface area contributed by atoms with E-state index in [1.165, 1.54) is 18.2 Å². The molecule has 0 heterocycles. The van der Waals surface area contributed by atoms with Crippen molar-refractivity contribution in [2.45, 2.75) is 12.9 Å². The fraction of sp³-hybridized carbons (Fsp3) is 0.222. The van der Waals surface area contributed by atoms with Crippen LogP contribution in [-0.2, 0) is 20.9 Å². The topological polar surface area (TPSA) is 73.9 Å². The van der Waals surface area contributed by atoms with Crippen molar-refractivity contribution in [1.29, 1.82) is 0 Å². The van der Waals surface area contributed by atoms with Crippen LogP contribution in [0.4, 0.5) is 13.2 Å².